The molecule has 0 saturated carbocycles. The molecule has 0 radical (unpaired) electrons. The Balaban J connectivity index is 1.23. The molecule has 7 aromatic carbocycles. The van der Waals surface area contributed by atoms with E-state index < -0.39 is 77.6 Å². The van der Waals surface area contributed by atoms with E-state index in [1.165, 1.54) is 0 Å². The minimum absolute atomic E-state index is 0.146. The molecule has 0 atom stereocenters. The van der Waals surface area contributed by atoms with Crippen LogP contribution in [-0.4, -0.2) is 15.0 Å². The third kappa shape index (κ3) is 4.83. The van der Waals surface area contributed by atoms with Gasteiger partial charge in [-0.2, -0.15) is 0 Å². The fourth-order valence-electron chi connectivity index (χ4n) is 6.06. The molecule has 3 aromatic heterocycles. The Bertz CT molecular complexity index is 3500. The van der Waals surface area contributed by atoms with E-state index in [-0.39, 0.29) is 45.0 Å². The number of hydrogen-bond donors (Lipinski definition) is 0. The number of hydrogen-bond acceptors (Lipinski definition) is 5. The van der Waals surface area contributed by atoms with Gasteiger partial charge in [0.2, 0.25) is 0 Å². The van der Waals surface area contributed by atoms with Crippen molar-refractivity contribution in [2.24, 2.45) is 0 Å². The van der Waals surface area contributed by atoms with Crippen LogP contribution in [0.15, 0.2) is 172 Å². The molecule has 5 nitrogen and oxygen atoms in total. The number of rotatable bonds is 5. The van der Waals surface area contributed by atoms with Crippen molar-refractivity contribution in [3.63, 3.8) is 0 Å². The molecule has 3 heterocycles. The Morgan fingerprint density at radius 1 is 0.360 bits per heavy atom. The van der Waals surface area contributed by atoms with Gasteiger partial charge < -0.3 is 8.83 Å². The fourth-order valence-corrected chi connectivity index (χ4v) is 6.06. The van der Waals surface area contributed by atoms with E-state index in [0.717, 1.165) is 21.9 Å². The molecule has 5 heteroatoms. The van der Waals surface area contributed by atoms with Gasteiger partial charge in [0.25, 0.3) is 0 Å². The number of furan rings is 2. The summed E-state index contributed by atoms with van der Waals surface area (Å²) in [5, 5.41) is 1.37. The monoisotopic (exact) mass is 652 g/mol. The topological polar surface area (TPSA) is 65.0 Å². The van der Waals surface area contributed by atoms with Gasteiger partial charge in [0.05, 0.1) is 15.1 Å². The van der Waals surface area contributed by atoms with Crippen molar-refractivity contribution < 1.29 is 23.9 Å². The fraction of sp³-hybridized carbons (Fsp3) is 0. The van der Waals surface area contributed by atoms with Gasteiger partial charge in [-0.25, -0.2) is 15.0 Å². The van der Waals surface area contributed by atoms with Crippen molar-refractivity contribution in [1.29, 1.82) is 0 Å². The summed E-state index contributed by atoms with van der Waals surface area (Å²) in [6.07, 6.45) is 0. The zero-order chi connectivity index (χ0) is 42.6. The SMILES string of the molecule is [2H]c1c([2H])c(-c2nc(-c3ccc(-c4ccccc4)cc3)nc(-c3ccc4c(c3)oc3ccccc34)n2)c([2H])c(-c2c([2H])c([2H])c3oc4c([2H])c([2H])c([2H])c([2H])c4c3c2[2H])c1[2H]. The molecule has 0 aliphatic heterocycles. The molecule has 0 N–H and O–H groups in total. The Morgan fingerprint density at radius 3 is 1.86 bits per heavy atom. The highest BCUT2D eigenvalue weighted by molar-refractivity contribution is 6.07. The summed E-state index contributed by atoms with van der Waals surface area (Å²) in [4.78, 5) is 14.3. The standard InChI is InChI=1S/C45H27N3O2/c1-2-9-28(10-3-1)29-17-19-30(20-18-29)43-46-44(48-45(47-43)34-21-23-37-35-13-4-6-15-39(35)50-42(37)27-34)33-12-8-11-31(25-33)32-22-24-41-38(26-32)36-14-5-7-16-40(36)49-41/h1-27H/i5D,7D,8D,11D,12D,14D,16D,22D,24D,25D,26D. The average Bonchev–Trinajstić information content (AvgIpc) is 3.87. The van der Waals surface area contributed by atoms with Crippen LogP contribution in [0.2, 0.25) is 0 Å². The summed E-state index contributed by atoms with van der Waals surface area (Å²) in [7, 11) is 0. The van der Waals surface area contributed by atoms with Crippen LogP contribution in [0, 0.1) is 0 Å². The van der Waals surface area contributed by atoms with Gasteiger partial charge in [-0.1, -0.05) is 121 Å². The Hall–Kier alpha value is -6.85. The third-order valence-electron chi connectivity index (χ3n) is 8.51. The summed E-state index contributed by atoms with van der Waals surface area (Å²) >= 11 is 0. The van der Waals surface area contributed by atoms with Gasteiger partial charge in [0, 0.05) is 38.2 Å². The van der Waals surface area contributed by atoms with Gasteiger partial charge in [-0.05, 0) is 64.6 Å². The molecule has 234 valence electrons. The second kappa shape index (κ2) is 11.4. The summed E-state index contributed by atoms with van der Waals surface area (Å²) in [6.45, 7) is 0. The average molecular weight is 653 g/mol. The maximum absolute atomic E-state index is 9.57. The molecule has 0 unspecified atom stereocenters. The molecule has 0 spiro atoms. The quantitative estimate of drug-likeness (QED) is 0.185. The lowest BCUT2D eigenvalue weighted by molar-refractivity contribution is 0.668. The predicted octanol–water partition coefficient (Wildman–Crippen LogP) is 12.0. The van der Waals surface area contributed by atoms with E-state index in [2.05, 4.69) is 0 Å². The van der Waals surface area contributed by atoms with Crippen LogP contribution >= 0.6 is 0 Å². The molecular weight excluding hydrogens is 615 g/mol. The van der Waals surface area contributed by atoms with Crippen molar-refractivity contribution in [3.8, 4) is 56.4 Å². The predicted molar refractivity (Wildman–Crippen MR) is 202 cm³/mol. The lowest BCUT2D eigenvalue weighted by Gasteiger charge is -2.10. The van der Waals surface area contributed by atoms with Crippen LogP contribution in [0.25, 0.3) is 100 Å². The molecular formula is C45H27N3O2. The summed E-state index contributed by atoms with van der Waals surface area (Å²) in [6, 6.07) is 23.8. The van der Waals surface area contributed by atoms with Gasteiger partial charge >= 0.3 is 0 Å². The molecule has 0 bridgehead atoms. The second-order valence-electron chi connectivity index (χ2n) is 11.6. The van der Waals surface area contributed by atoms with Gasteiger partial charge in [-0.3, -0.25) is 0 Å². The van der Waals surface area contributed by atoms with E-state index >= 15 is 0 Å². The van der Waals surface area contributed by atoms with Crippen LogP contribution in [0.4, 0.5) is 0 Å². The van der Waals surface area contributed by atoms with Gasteiger partial charge in [0.15, 0.2) is 17.5 Å². The molecule has 10 rings (SSSR count). The molecule has 0 fully saturated rings. The van der Waals surface area contributed by atoms with Crippen LogP contribution < -0.4 is 0 Å². The number of para-hydroxylation sites is 2. The van der Waals surface area contributed by atoms with Crippen LogP contribution in [-0.2, 0) is 0 Å². The van der Waals surface area contributed by atoms with Crippen LogP contribution in [0.1, 0.15) is 15.1 Å². The van der Waals surface area contributed by atoms with E-state index in [1.807, 2.05) is 91.0 Å². The number of aromatic nitrogens is 3. The molecule has 0 aliphatic rings. The number of benzene rings is 7. The largest absolute Gasteiger partial charge is 0.456 e. The second-order valence-corrected chi connectivity index (χ2v) is 11.6. The Morgan fingerprint density at radius 2 is 0.980 bits per heavy atom. The van der Waals surface area contributed by atoms with Crippen LogP contribution in [0.5, 0.6) is 0 Å². The minimum atomic E-state index is -0.671. The van der Waals surface area contributed by atoms with Gasteiger partial charge in [0.1, 0.15) is 22.3 Å². The maximum Gasteiger partial charge on any atom is 0.164 e. The van der Waals surface area contributed by atoms with Crippen molar-refractivity contribution in [2.45, 2.75) is 0 Å². The van der Waals surface area contributed by atoms with E-state index in [0.29, 0.717) is 22.3 Å². The molecule has 0 amide bonds. The lowest BCUT2D eigenvalue weighted by Crippen LogP contribution is -2.00. The molecule has 0 aliphatic carbocycles. The highest BCUT2D eigenvalue weighted by Gasteiger charge is 2.16. The first-order chi connectivity index (χ1) is 29.3. The van der Waals surface area contributed by atoms with Crippen LogP contribution in [0.3, 0.4) is 0 Å². The first kappa shape index (κ1) is 19.2. The zero-order valence-corrected chi connectivity index (χ0v) is 25.9. The third-order valence-corrected chi connectivity index (χ3v) is 8.51. The summed E-state index contributed by atoms with van der Waals surface area (Å²) < 4.78 is 109. The first-order valence-corrected chi connectivity index (χ1v) is 15.7. The van der Waals surface area contributed by atoms with E-state index in [1.54, 1.807) is 6.07 Å². The van der Waals surface area contributed by atoms with Crippen molar-refractivity contribution in [2.75, 3.05) is 0 Å². The maximum atomic E-state index is 9.57. The van der Waals surface area contributed by atoms with E-state index in [9.17, 15) is 2.74 Å². The molecule has 50 heavy (non-hydrogen) atoms. The molecule has 0 saturated heterocycles. The summed E-state index contributed by atoms with van der Waals surface area (Å²) in [5.74, 6) is 0.115. The Labute approximate surface area is 302 Å². The number of fused-ring (bicyclic) bond motifs is 6. The first-order valence-electron chi connectivity index (χ1n) is 21.2. The number of nitrogens with zero attached hydrogens (tertiary/aromatic N) is 3. The highest BCUT2D eigenvalue weighted by atomic mass is 16.3. The minimum Gasteiger partial charge on any atom is -0.456 e. The summed E-state index contributed by atoms with van der Waals surface area (Å²) in [5.41, 5.74) is 2.45. The normalized spacial score (nSPS) is 14.7. The Kier molecular flexibility index (Phi) is 4.38. The smallest absolute Gasteiger partial charge is 0.164 e. The molecule has 10 aromatic rings. The highest BCUT2D eigenvalue weighted by Crippen LogP contribution is 2.35. The van der Waals surface area contributed by atoms with Gasteiger partial charge in [-0.15, -0.1) is 0 Å². The van der Waals surface area contributed by atoms with Crippen molar-refractivity contribution in [1.82, 2.24) is 15.0 Å². The van der Waals surface area contributed by atoms with Crippen molar-refractivity contribution >= 4 is 43.9 Å². The zero-order valence-electron chi connectivity index (χ0n) is 36.9. The van der Waals surface area contributed by atoms with E-state index in [4.69, 9.17) is 36.1 Å². The van der Waals surface area contributed by atoms with Crippen molar-refractivity contribution in [3.05, 3.63) is 164 Å². The lowest BCUT2D eigenvalue weighted by atomic mass is 10.0.